The molecule has 0 fully saturated rings. The van der Waals surface area contributed by atoms with Gasteiger partial charge in [-0.3, -0.25) is 4.57 Å². The molecule has 0 N–H and O–H groups in total. The second kappa shape index (κ2) is 3.51. The molecule has 0 saturated heterocycles. The molecule has 1 aliphatic rings. The van der Waals surface area contributed by atoms with Gasteiger partial charge in [0.05, 0.1) is 5.69 Å². The maximum absolute atomic E-state index is 11.6. The molecule has 0 saturated carbocycles. The maximum atomic E-state index is 11.6. The van der Waals surface area contributed by atoms with Crippen molar-refractivity contribution in [2.75, 3.05) is 0 Å². The summed E-state index contributed by atoms with van der Waals surface area (Å²) in [5.41, 5.74) is 0.862. The molecular formula is C13H17NO2. The van der Waals surface area contributed by atoms with Gasteiger partial charge in [-0.2, -0.15) is 0 Å². The molecule has 0 spiro atoms. The van der Waals surface area contributed by atoms with E-state index >= 15 is 0 Å². The lowest BCUT2D eigenvalue weighted by Crippen LogP contribution is -2.17. The van der Waals surface area contributed by atoms with Crippen LogP contribution >= 0.6 is 0 Å². The zero-order valence-corrected chi connectivity index (χ0v) is 10.2. The molecule has 1 aromatic rings. The quantitative estimate of drug-likeness (QED) is 0.727. The van der Waals surface area contributed by atoms with Crippen LogP contribution in [-0.4, -0.2) is 4.57 Å². The van der Waals surface area contributed by atoms with Crippen molar-refractivity contribution >= 4 is 12.2 Å². The number of oxazole rings is 1. The van der Waals surface area contributed by atoms with Gasteiger partial charge in [0.25, 0.3) is 0 Å². The normalized spacial score (nSPS) is 17.6. The van der Waals surface area contributed by atoms with Crippen molar-refractivity contribution in [3.05, 3.63) is 34.2 Å². The summed E-state index contributed by atoms with van der Waals surface area (Å²) in [4.78, 5) is 11.6. The first kappa shape index (κ1) is 11.0. The number of aromatic nitrogens is 1. The summed E-state index contributed by atoms with van der Waals surface area (Å²) in [6, 6.07) is 0.110. The molecule has 1 heterocycles. The van der Waals surface area contributed by atoms with Crippen LogP contribution in [-0.2, 0) is 0 Å². The highest BCUT2D eigenvalue weighted by Crippen LogP contribution is 2.28. The molecule has 2 rings (SSSR count). The first-order valence-corrected chi connectivity index (χ1v) is 5.54. The van der Waals surface area contributed by atoms with Crippen LogP contribution in [0.4, 0.5) is 0 Å². The molecule has 0 amide bonds. The summed E-state index contributed by atoms with van der Waals surface area (Å²) in [6.07, 6.45) is 7.99. The lowest BCUT2D eigenvalue weighted by molar-refractivity contribution is 0.451. The SMILES string of the molecule is CC(C)n1c2c(oc1=O)C=CC(C)(C)C=C2. The number of hydrogen-bond acceptors (Lipinski definition) is 2. The van der Waals surface area contributed by atoms with Crippen molar-refractivity contribution in [1.82, 2.24) is 4.57 Å². The second-order valence-electron chi connectivity index (χ2n) is 5.07. The highest BCUT2D eigenvalue weighted by Gasteiger charge is 2.19. The molecule has 0 radical (unpaired) electrons. The van der Waals surface area contributed by atoms with E-state index in [0.29, 0.717) is 5.76 Å². The van der Waals surface area contributed by atoms with E-state index in [0.717, 1.165) is 5.69 Å². The Balaban J connectivity index is 2.63. The smallest absolute Gasteiger partial charge is 0.408 e. The van der Waals surface area contributed by atoms with E-state index in [2.05, 4.69) is 19.9 Å². The third-order valence-electron chi connectivity index (χ3n) is 2.76. The van der Waals surface area contributed by atoms with Crippen molar-refractivity contribution in [2.24, 2.45) is 5.41 Å². The lowest BCUT2D eigenvalue weighted by Gasteiger charge is -2.12. The Morgan fingerprint density at radius 3 is 2.50 bits per heavy atom. The summed E-state index contributed by atoms with van der Waals surface area (Å²) in [7, 11) is 0. The van der Waals surface area contributed by atoms with Crippen LogP contribution in [0.3, 0.4) is 0 Å². The monoisotopic (exact) mass is 219 g/mol. The van der Waals surface area contributed by atoms with Gasteiger partial charge in [0.2, 0.25) is 0 Å². The van der Waals surface area contributed by atoms with E-state index in [9.17, 15) is 4.79 Å². The van der Waals surface area contributed by atoms with Crippen LogP contribution in [0.5, 0.6) is 0 Å². The van der Waals surface area contributed by atoms with Gasteiger partial charge in [-0.15, -0.1) is 0 Å². The van der Waals surface area contributed by atoms with Gasteiger partial charge in [0, 0.05) is 11.5 Å². The lowest BCUT2D eigenvalue weighted by atomic mass is 9.93. The average molecular weight is 219 g/mol. The van der Waals surface area contributed by atoms with Crippen LogP contribution < -0.4 is 5.76 Å². The molecule has 1 aromatic heterocycles. The third kappa shape index (κ3) is 1.77. The molecular weight excluding hydrogens is 202 g/mol. The Hall–Kier alpha value is -1.51. The summed E-state index contributed by atoms with van der Waals surface area (Å²) in [5, 5.41) is 0. The van der Waals surface area contributed by atoms with Crippen molar-refractivity contribution in [3.63, 3.8) is 0 Å². The second-order valence-corrected chi connectivity index (χ2v) is 5.07. The van der Waals surface area contributed by atoms with E-state index in [4.69, 9.17) is 4.42 Å². The van der Waals surface area contributed by atoms with E-state index in [1.54, 1.807) is 4.57 Å². The van der Waals surface area contributed by atoms with E-state index < -0.39 is 0 Å². The number of allylic oxidation sites excluding steroid dienone is 2. The zero-order chi connectivity index (χ0) is 11.9. The summed E-state index contributed by atoms with van der Waals surface area (Å²) < 4.78 is 6.92. The van der Waals surface area contributed by atoms with Gasteiger partial charge < -0.3 is 4.42 Å². The van der Waals surface area contributed by atoms with Crippen molar-refractivity contribution in [2.45, 2.75) is 33.7 Å². The van der Waals surface area contributed by atoms with Crippen LogP contribution in [0.25, 0.3) is 12.2 Å². The van der Waals surface area contributed by atoms with E-state index in [-0.39, 0.29) is 17.2 Å². The van der Waals surface area contributed by atoms with Gasteiger partial charge in [-0.25, -0.2) is 4.79 Å². The van der Waals surface area contributed by atoms with Crippen LogP contribution in [0, 0.1) is 5.41 Å². The number of nitrogens with zero attached hydrogens (tertiary/aromatic N) is 1. The minimum Gasteiger partial charge on any atom is -0.408 e. The molecule has 3 heteroatoms. The van der Waals surface area contributed by atoms with Crippen molar-refractivity contribution in [3.8, 4) is 0 Å². The fourth-order valence-corrected chi connectivity index (χ4v) is 1.82. The Morgan fingerprint density at radius 1 is 1.25 bits per heavy atom. The first-order chi connectivity index (χ1) is 7.41. The molecule has 86 valence electrons. The molecule has 0 aliphatic heterocycles. The average Bonchev–Trinajstić information content (AvgIpc) is 2.41. The number of fused-ring (bicyclic) bond motifs is 1. The number of rotatable bonds is 1. The Kier molecular flexibility index (Phi) is 2.41. The predicted molar refractivity (Wildman–Crippen MR) is 65.2 cm³/mol. The van der Waals surface area contributed by atoms with Gasteiger partial charge in [0.1, 0.15) is 0 Å². The minimum absolute atomic E-state index is 0.000598. The highest BCUT2D eigenvalue weighted by molar-refractivity contribution is 5.62. The van der Waals surface area contributed by atoms with Crippen molar-refractivity contribution in [1.29, 1.82) is 0 Å². The van der Waals surface area contributed by atoms with Crippen molar-refractivity contribution < 1.29 is 4.42 Å². The summed E-state index contributed by atoms with van der Waals surface area (Å²) in [6.45, 7) is 8.18. The fraction of sp³-hybridized carbons (Fsp3) is 0.462. The van der Waals surface area contributed by atoms with Gasteiger partial charge in [0.15, 0.2) is 5.76 Å². The van der Waals surface area contributed by atoms with Gasteiger partial charge in [-0.05, 0) is 26.0 Å². The van der Waals surface area contributed by atoms with Gasteiger partial charge >= 0.3 is 5.76 Å². The molecule has 16 heavy (non-hydrogen) atoms. The zero-order valence-electron chi connectivity index (χ0n) is 10.2. The predicted octanol–water partition coefficient (Wildman–Crippen LogP) is 3.09. The Morgan fingerprint density at radius 2 is 1.88 bits per heavy atom. The van der Waals surface area contributed by atoms with Gasteiger partial charge in [-0.1, -0.05) is 26.0 Å². The molecule has 0 atom stereocenters. The van der Waals surface area contributed by atoms with Crippen LogP contribution in [0.15, 0.2) is 21.4 Å². The minimum atomic E-state index is -0.283. The fourth-order valence-electron chi connectivity index (χ4n) is 1.82. The molecule has 1 aliphatic carbocycles. The summed E-state index contributed by atoms with van der Waals surface area (Å²) >= 11 is 0. The first-order valence-electron chi connectivity index (χ1n) is 5.54. The summed E-state index contributed by atoms with van der Waals surface area (Å²) in [5.74, 6) is 0.370. The molecule has 3 nitrogen and oxygen atoms in total. The van der Waals surface area contributed by atoms with Crippen LogP contribution in [0.1, 0.15) is 45.2 Å². The Labute approximate surface area is 95.1 Å². The Bertz CT molecular complexity index is 513. The van der Waals surface area contributed by atoms with E-state index in [1.807, 2.05) is 32.1 Å². The molecule has 0 bridgehead atoms. The third-order valence-corrected chi connectivity index (χ3v) is 2.76. The standard InChI is InChI=1S/C13H17NO2/c1-9(2)14-10-5-7-13(3,4)8-6-11(10)16-12(14)15/h5-9H,1-4H3. The van der Waals surface area contributed by atoms with E-state index in [1.165, 1.54) is 0 Å². The van der Waals surface area contributed by atoms with Crippen LogP contribution in [0.2, 0.25) is 0 Å². The largest absolute Gasteiger partial charge is 0.420 e. The highest BCUT2D eigenvalue weighted by atomic mass is 16.4. The number of hydrogen-bond donors (Lipinski definition) is 0. The molecule has 0 aromatic carbocycles. The topological polar surface area (TPSA) is 35.1 Å². The molecule has 0 unspecified atom stereocenters. The maximum Gasteiger partial charge on any atom is 0.420 e.